The molecule has 0 saturated carbocycles. The van der Waals surface area contributed by atoms with E-state index in [9.17, 15) is 0 Å². The summed E-state index contributed by atoms with van der Waals surface area (Å²) >= 11 is 0. The van der Waals surface area contributed by atoms with Crippen molar-refractivity contribution in [2.45, 2.75) is 20.3 Å². The van der Waals surface area contributed by atoms with E-state index in [2.05, 4.69) is 50.2 Å². The Bertz CT molecular complexity index is 698. The topological polar surface area (TPSA) is 12.9 Å². The number of hydrogen-bond acceptors (Lipinski definition) is 1. The zero-order valence-electron chi connectivity index (χ0n) is 10.2. The molecule has 0 bridgehead atoms. The van der Waals surface area contributed by atoms with Crippen LogP contribution in [0, 0.1) is 6.92 Å². The summed E-state index contributed by atoms with van der Waals surface area (Å²) in [6.45, 7) is 4.35. The van der Waals surface area contributed by atoms with Gasteiger partial charge in [-0.25, -0.2) is 4.98 Å². The Labute approximate surface area is 101 Å². The number of aromatic nitrogens is 1. The van der Waals surface area contributed by atoms with Crippen molar-refractivity contribution >= 4 is 21.8 Å². The van der Waals surface area contributed by atoms with E-state index < -0.39 is 0 Å². The lowest BCUT2D eigenvalue weighted by atomic mass is 10.0. The molecule has 0 aliphatic carbocycles. The fourth-order valence-corrected chi connectivity index (χ4v) is 2.37. The summed E-state index contributed by atoms with van der Waals surface area (Å²) in [4.78, 5) is 4.75. The molecule has 0 N–H and O–H groups in total. The van der Waals surface area contributed by atoms with Crippen LogP contribution in [0.1, 0.15) is 18.1 Å². The van der Waals surface area contributed by atoms with Crippen LogP contribution < -0.4 is 0 Å². The van der Waals surface area contributed by atoms with Gasteiger partial charge in [0.1, 0.15) is 0 Å². The van der Waals surface area contributed by atoms with E-state index in [-0.39, 0.29) is 0 Å². The van der Waals surface area contributed by atoms with Crippen LogP contribution in [0.5, 0.6) is 0 Å². The molecule has 1 heteroatoms. The third-order valence-electron chi connectivity index (χ3n) is 3.42. The molecule has 0 radical (unpaired) electrons. The minimum absolute atomic E-state index is 1.06. The summed E-state index contributed by atoms with van der Waals surface area (Å²) in [6, 6.07) is 14.9. The molecule has 0 aliphatic rings. The van der Waals surface area contributed by atoms with Gasteiger partial charge in [0.25, 0.3) is 0 Å². The first-order valence-electron chi connectivity index (χ1n) is 6.07. The summed E-state index contributed by atoms with van der Waals surface area (Å²) in [7, 11) is 0. The first-order chi connectivity index (χ1) is 8.29. The predicted octanol–water partition coefficient (Wildman–Crippen LogP) is 4.26. The van der Waals surface area contributed by atoms with E-state index >= 15 is 0 Å². The second kappa shape index (κ2) is 3.85. The molecule has 17 heavy (non-hydrogen) atoms. The number of benzene rings is 2. The number of aryl methyl sites for hydroxylation is 2. The van der Waals surface area contributed by atoms with E-state index in [0.717, 1.165) is 17.5 Å². The molecule has 1 heterocycles. The van der Waals surface area contributed by atoms with E-state index in [1.807, 2.05) is 6.07 Å². The van der Waals surface area contributed by atoms with Crippen LogP contribution in [0.4, 0.5) is 0 Å². The quantitative estimate of drug-likeness (QED) is 0.559. The van der Waals surface area contributed by atoms with Crippen molar-refractivity contribution in [3.63, 3.8) is 0 Å². The molecule has 1 nitrogen and oxygen atoms in total. The van der Waals surface area contributed by atoms with Crippen molar-refractivity contribution in [3.8, 4) is 0 Å². The molecule has 0 fully saturated rings. The molecule has 2 aromatic carbocycles. The highest BCUT2D eigenvalue weighted by atomic mass is 14.7. The first kappa shape index (κ1) is 10.3. The van der Waals surface area contributed by atoms with Crippen LogP contribution in [-0.2, 0) is 6.42 Å². The van der Waals surface area contributed by atoms with Crippen molar-refractivity contribution < 1.29 is 0 Å². The highest BCUT2D eigenvalue weighted by Crippen LogP contribution is 2.25. The van der Waals surface area contributed by atoms with Gasteiger partial charge < -0.3 is 0 Å². The van der Waals surface area contributed by atoms with Gasteiger partial charge in [-0.15, -0.1) is 0 Å². The Morgan fingerprint density at radius 1 is 0.941 bits per heavy atom. The summed E-state index contributed by atoms with van der Waals surface area (Å²) in [5, 5.41) is 2.52. The monoisotopic (exact) mass is 221 g/mol. The van der Waals surface area contributed by atoms with Gasteiger partial charge in [0.05, 0.1) is 11.0 Å². The zero-order valence-corrected chi connectivity index (χ0v) is 10.2. The highest BCUT2D eigenvalue weighted by Gasteiger charge is 2.05. The van der Waals surface area contributed by atoms with Crippen LogP contribution >= 0.6 is 0 Å². The molecule has 3 aromatic rings. The summed E-state index contributed by atoms with van der Waals surface area (Å²) in [5.74, 6) is 0. The fraction of sp³-hybridized carbons (Fsp3) is 0.188. The van der Waals surface area contributed by atoms with Crippen molar-refractivity contribution in [1.82, 2.24) is 4.98 Å². The largest absolute Gasteiger partial charge is 0.248 e. The average Bonchev–Trinajstić information content (AvgIpc) is 2.38. The lowest BCUT2D eigenvalue weighted by Gasteiger charge is -2.07. The van der Waals surface area contributed by atoms with E-state index in [1.54, 1.807) is 0 Å². The number of fused-ring (bicyclic) bond motifs is 2. The smallest absolute Gasteiger partial charge is 0.0715 e. The SMILES string of the molecule is CCc1ccc2c(C)c3ccccc3nc2c1. The van der Waals surface area contributed by atoms with Gasteiger partial charge in [0.2, 0.25) is 0 Å². The number of pyridine rings is 1. The minimum Gasteiger partial charge on any atom is -0.248 e. The van der Waals surface area contributed by atoms with Crippen LogP contribution in [0.2, 0.25) is 0 Å². The van der Waals surface area contributed by atoms with Gasteiger partial charge in [-0.05, 0) is 36.6 Å². The maximum absolute atomic E-state index is 4.75. The number of hydrogen-bond donors (Lipinski definition) is 0. The molecular weight excluding hydrogens is 206 g/mol. The lowest BCUT2D eigenvalue weighted by molar-refractivity contribution is 1.14. The molecule has 0 aliphatic heterocycles. The van der Waals surface area contributed by atoms with Crippen molar-refractivity contribution in [2.24, 2.45) is 0 Å². The Morgan fingerprint density at radius 2 is 1.71 bits per heavy atom. The van der Waals surface area contributed by atoms with E-state index in [1.165, 1.54) is 21.9 Å². The molecule has 0 spiro atoms. The third-order valence-corrected chi connectivity index (χ3v) is 3.42. The molecule has 1 aromatic heterocycles. The van der Waals surface area contributed by atoms with Crippen molar-refractivity contribution in [3.05, 3.63) is 53.6 Å². The second-order valence-corrected chi connectivity index (χ2v) is 4.46. The van der Waals surface area contributed by atoms with Gasteiger partial charge in [-0.1, -0.05) is 37.3 Å². The second-order valence-electron chi connectivity index (χ2n) is 4.46. The Morgan fingerprint density at radius 3 is 2.53 bits per heavy atom. The summed E-state index contributed by atoms with van der Waals surface area (Å²) < 4.78 is 0. The Balaban J connectivity index is 2.45. The third kappa shape index (κ3) is 1.59. The van der Waals surface area contributed by atoms with Crippen LogP contribution in [0.25, 0.3) is 21.8 Å². The van der Waals surface area contributed by atoms with Gasteiger partial charge in [-0.2, -0.15) is 0 Å². The molecule has 84 valence electrons. The van der Waals surface area contributed by atoms with Crippen LogP contribution in [0.15, 0.2) is 42.5 Å². The molecule has 3 rings (SSSR count). The van der Waals surface area contributed by atoms with Gasteiger partial charge in [-0.3, -0.25) is 0 Å². The Kier molecular flexibility index (Phi) is 2.32. The number of para-hydroxylation sites is 1. The normalized spacial score (nSPS) is 11.2. The predicted molar refractivity (Wildman–Crippen MR) is 73.4 cm³/mol. The van der Waals surface area contributed by atoms with Gasteiger partial charge in [0, 0.05) is 10.8 Å². The van der Waals surface area contributed by atoms with Crippen molar-refractivity contribution in [1.29, 1.82) is 0 Å². The number of nitrogens with zero attached hydrogens (tertiary/aromatic N) is 1. The van der Waals surface area contributed by atoms with E-state index in [4.69, 9.17) is 4.98 Å². The summed E-state index contributed by atoms with van der Waals surface area (Å²) in [6.07, 6.45) is 1.06. The van der Waals surface area contributed by atoms with Crippen LogP contribution in [0.3, 0.4) is 0 Å². The maximum atomic E-state index is 4.75. The van der Waals surface area contributed by atoms with Gasteiger partial charge in [0.15, 0.2) is 0 Å². The zero-order chi connectivity index (χ0) is 11.8. The average molecular weight is 221 g/mol. The molecule has 0 amide bonds. The fourth-order valence-electron chi connectivity index (χ4n) is 2.37. The lowest BCUT2D eigenvalue weighted by Crippen LogP contribution is -1.89. The molecule has 0 saturated heterocycles. The minimum atomic E-state index is 1.06. The summed E-state index contributed by atoms with van der Waals surface area (Å²) in [5.41, 5.74) is 4.87. The molecular formula is C16H15N. The van der Waals surface area contributed by atoms with Crippen LogP contribution in [-0.4, -0.2) is 4.98 Å². The van der Waals surface area contributed by atoms with Gasteiger partial charge >= 0.3 is 0 Å². The highest BCUT2D eigenvalue weighted by molar-refractivity contribution is 5.97. The van der Waals surface area contributed by atoms with E-state index in [0.29, 0.717) is 0 Å². The first-order valence-corrected chi connectivity index (χ1v) is 6.07. The maximum Gasteiger partial charge on any atom is 0.0715 e. The Hall–Kier alpha value is -1.89. The molecule has 0 atom stereocenters. The standard InChI is InChI=1S/C16H15N/c1-3-12-8-9-14-11(2)13-6-4-5-7-15(13)17-16(14)10-12/h4-10H,3H2,1-2H3. The molecule has 0 unspecified atom stereocenters. The number of rotatable bonds is 1. The van der Waals surface area contributed by atoms with Crippen molar-refractivity contribution in [2.75, 3.05) is 0 Å².